The second kappa shape index (κ2) is 3.75. The second-order valence-corrected chi connectivity index (χ2v) is 4.33. The number of aliphatic hydroxyl groups is 5. The first-order valence-corrected chi connectivity index (χ1v) is 4.46. The van der Waals surface area contributed by atoms with Gasteiger partial charge in [-0.1, -0.05) is 0 Å². The van der Waals surface area contributed by atoms with Crippen LogP contribution in [0.3, 0.4) is 0 Å². The smallest absolute Gasteiger partial charge is 0.123 e. The summed E-state index contributed by atoms with van der Waals surface area (Å²) in [7, 11) is 0. The quantitative estimate of drug-likeness (QED) is 0.392. The topological polar surface area (TPSA) is 101 Å². The molecule has 0 radical (unpaired) electrons. The van der Waals surface area contributed by atoms with E-state index in [4.69, 9.17) is 5.11 Å². The largest absolute Gasteiger partial charge is 0.393 e. The van der Waals surface area contributed by atoms with Gasteiger partial charge in [-0.25, -0.2) is 0 Å². The van der Waals surface area contributed by atoms with Crippen LogP contribution < -0.4 is 0 Å². The zero-order chi connectivity index (χ0) is 11.8. The van der Waals surface area contributed by atoms with Crippen molar-refractivity contribution in [3.8, 4) is 0 Å². The van der Waals surface area contributed by atoms with E-state index in [1.807, 2.05) is 0 Å². The van der Waals surface area contributed by atoms with Crippen LogP contribution in [0, 0.1) is 0 Å². The van der Waals surface area contributed by atoms with Crippen molar-refractivity contribution < 1.29 is 25.5 Å². The highest BCUT2D eigenvalue weighted by Crippen LogP contribution is 2.34. The molecule has 5 heteroatoms. The molecule has 0 aromatic rings. The van der Waals surface area contributed by atoms with Gasteiger partial charge in [0.15, 0.2) is 0 Å². The molecular formula is C9H20O5. The fraction of sp³-hybridized carbons (Fsp3) is 1.00. The van der Waals surface area contributed by atoms with Crippen LogP contribution in [-0.4, -0.2) is 55.0 Å². The van der Waals surface area contributed by atoms with E-state index in [1.165, 1.54) is 20.8 Å². The lowest BCUT2D eigenvalue weighted by Gasteiger charge is -2.48. The summed E-state index contributed by atoms with van der Waals surface area (Å²) >= 11 is 0. The molecule has 14 heavy (non-hydrogen) atoms. The molecule has 0 aromatic carbocycles. The van der Waals surface area contributed by atoms with E-state index in [-0.39, 0.29) is 0 Å². The predicted molar refractivity (Wildman–Crippen MR) is 50.6 cm³/mol. The molecule has 0 amide bonds. The molecule has 0 saturated carbocycles. The van der Waals surface area contributed by atoms with Crippen molar-refractivity contribution in [2.45, 2.75) is 50.6 Å². The molecule has 0 aliphatic carbocycles. The van der Waals surface area contributed by atoms with E-state index in [9.17, 15) is 20.4 Å². The van der Waals surface area contributed by atoms with E-state index >= 15 is 0 Å². The number of rotatable bonds is 4. The Hall–Kier alpha value is -0.200. The Balaban J connectivity index is 5.14. The Kier molecular flexibility index (Phi) is 3.70. The lowest BCUT2D eigenvalue weighted by Crippen LogP contribution is -2.68. The monoisotopic (exact) mass is 208 g/mol. The molecule has 0 rings (SSSR count). The van der Waals surface area contributed by atoms with Crippen molar-refractivity contribution in [3.63, 3.8) is 0 Å². The first-order chi connectivity index (χ1) is 6.00. The molecule has 0 aliphatic rings. The van der Waals surface area contributed by atoms with E-state index < -0.39 is 29.5 Å². The summed E-state index contributed by atoms with van der Waals surface area (Å²) in [6.45, 7) is 4.12. The van der Waals surface area contributed by atoms with Crippen molar-refractivity contribution in [2.75, 3.05) is 6.61 Å². The summed E-state index contributed by atoms with van der Waals surface area (Å²) in [5.41, 5.74) is -5.84. The lowest BCUT2D eigenvalue weighted by molar-refractivity contribution is -0.259. The Bertz CT molecular complexity index is 195. The molecular weight excluding hydrogens is 188 g/mol. The van der Waals surface area contributed by atoms with Crippen LogP contribution in [0.1, 0.15) is 27.7 Å². The van der Waals surface area contributed by atoms with Gasteiger partial charge in [-0.15, -0.1) is 0 Å². The predicted octanol–water partition coefficient (Wildman–Crippen LogP) is -1.39. The van der Waals surface area contributed by atoms with Gasteiger partial charge in [0.1, 0.15) is 16.8 Å². The zero-order valence-corrected chi connectivity index (χ0v) is 9.02. The molecule has 0 spiro atoms. The third kappa shape index (κ3) is 1.92. The normalized spacial score (nSPS) is 27.2. The fourth-order valence-electron chi connectivity index (χ4n) is 1.11. The maximum atomic E-state index is 9.92. The second-order valence-electron chi connectivity index (χ2n) is 4.33. The molecule has 0 fully saturated rings. The van der Waals surface area contributed by atoms with E-state index in [0.29, 0.717) is 0 Å². The summed E-state index contributed by atoms with van der Waals surface area (Å²) in [5.74, 6) is 0. The minimum absolute atomic E-state index is 0.719. The molecule has 0 aromatic heterocycles. The molecule has 0 saturated heterocycles. The van der Waals surface area contributed by atoms with Crippen molar-refractivity contribution in [1.29, 1.82) is 0 Å². The van der Waals surface area contributed by atoms with Gasteiger partial charge in [0, 0.05) is 0 Å². The van der Waals surface area contributed by atoms with Crippen LogP contribution in [0.4, 0.5) is 0 Å². The minimum Gasteiger partial charge on any atom is -0.393 e. The maximum Gasteiger partial charge on any atom is 0.123 e. The van der Waals surface area contributed by atoms with E-state index in [1.54, 1.807) is 0 Å². The first-order valence-electron chi connectivity index (χ1n) is 4.46. The van der Waals surface area contributed by atoms with Crippen LogP contribution in [0.5, 0.6) is 0 Å². The van der Waals surface area contributed by atoms with Gasteiger partial charge in [0.05, 0.1) is 12.7 Å². The summed E-state index contributed by atoms with van der Waals surface area (Å²) in [6, 6.07) is 0. The Morgan fingerprint density at radius 2 is 1.43 bits per heavy atom. The lowest BCUT2D eigenvalue weighted by atomic mass is 9.71. The van der Waals surface area contributed by atoms with Crippen LogP contribution in [0.15, 0.2) is 0 Å². The third-order valence-corrected chi connectivity index (χ3v) is 3.16. The van der Waals surface area contributed by atoms with E-state index in [2.05, 4.69) is 0 Å². The van der Waals surface area contributed by atoms with Gasteiger partial charge in [-0.3, -0.25) is 0 Å². The Morgan fingerprint density at radius 1 is 1.07 bits per heavy atom. The summed E-state index contributed by atoms with van der Waals surface area (Å²) < 4.78 is 0. The van der Waals surface area contributed by atoms with Crippen LogP contribution in [0.25, 0.3) is 0 Å². The molecule has 4 atom stereocenters. The van der Waals surface area contributed by atoms with Crippen LogP contribution in [0.2, 0.25) is 0 Å². The molecule has 5 N–H and O–H groups in total. The van der Waals surface area contributed by atoms with Gasteiger partial charge in [-0.05, 0) is 27.7 Å². The number of hydrogen-bond acceptors (Lipinski definition) is 5. The van der Waals surface area contributed by atoms with Gasteiger partial charge in [0.2, 0.25) is 0 Å². The molecule has 0 unspecified atom stereocenters. The molecule has 0 heterocycles. The average molecular weight is 208 g/mol. The van der Waals surface area contributed by atoms with Crippen molar-refractivity contribution in [2.24, 2.45) is 0 Å². The molecule has 86 valence electrons. The minimum atomic E-state index is -2.02. The van der Waals surface area contributed by atoms with Crippen molar-refractivity contribution in [1.82, 2.24) is 0 Å². The highest BCUT2D eigenvalue weighted by atomic mass is 16.4. The van der Waals surface area contributed by atoms with Gasteiger partial charge in [-0.2, -0.15) is 0 Å². The Labute approximate surface area is 83.6 Å². The molecule has 5 nitrogen and oxygen atoms in total. The molecule has 0 aliphatic heterocycles. The van der Waals surface area contributed by atoms with Gasteiger partial charge < -0.3 is 25.5 Å². The SMILES string of the molecule is C[C@H](O)[C@@](C)(O)[C@@](C)(O)[C@](C)(O)CO. The van der Waals surface area contributed by atoms with Crippen LogP contribution in [-0.2, 0) is 0 Å². The van der Waals surface area contributed by atoms with Crippen LogP contribution >= 0.6 is 0 Å². The highest BCUT2D eigenvalue weighted by Gasteiger charge is 2.56. The first kappa shape index (κ1) is 13.8. The average Bonchev–Trinajstić information content (AvgIpc) is 2.03. The molecule has 0 bridgehead atoms. The van der Waals surface area contributed by atoms with Gasteiger partial charge in [0.25, 0.3) is 0 Å². The maximum absolute atomic E-state index is 9.92. The van der Waals surface area contributed by atoms with Gasteiger partial charge >= 0.3 is 0 Å². The zero-order valence-electron chi connectivity index (χ0n) is 9.02. The summed E-state index contributed by atoms with van der Waals surface area (Å²) in [6.07, 6.45) is -1.24. The van der Waals surface area contributed by atoms with Crippen molar-refractivity contribution >= 4 is 0 Å². The van der Waals surface area contributed by atoms with Crippen molar-refractivity contribution in [3.05, 3.63) is 0 Å². The fourth-order valence-corrected chi connectivity index (χ4v) is 1.11. The standard InChI is InChI=1S/C9H20O5/c1-6(11)8(3,13)9(4,14)7(2,12)5-10/h6,10-14H,5H2,1-4H3/t6-,7+,8+,9-/m0/s1. The van der Waals surface area contributed by atoms with E-state index in [0.717, 1.165) is 6.92 Å². The Morgan fingerprint density at radius 3 is 1.64 bits per heavy atom. The highest BCUT2D eigenvalue weighted by molar-refractivity contribution is 5.07. The summed E-state index contributed by atoms with van der Waals surface area (Å²) in [4.78, 5) is 0. The number of aliphatic hydroxyl groups excluding tert-OH is 2. The number of hydrogen-bond donors (Lipinski definition) is 5. The third-order valence-electron chi connectivity index (χ3n) is 3.16. The summed E-state index contributed by atoms with van der Waals surface area (Å²) in [5, 5.41) is 47.5.